The molecule has 1 unspecified atom stereocenters. The molecule has 0 fully saturated rings. The monoisotopic (exact) mass is 305 g/mol. The quantitative estimate of drug-likeness (QED) is 0.940. The number of pyridine rings is 1. The van der Waals surface area contributed by atoms with Crippen molar-refractivity contribution in [2.75, 3.05) is 0 Å². The lowest BCUT2D eigenvalue weighted by Crippen LogP contribution is -2.14. The van der Waals surface area contributed by atoms with Crippen molar-refractivity contribution in [3.63, 3.8) is 0 Å². The summed E-state index contributed by atoms with van der Waals surface area (Å²) in [4.78, 5) is 4.27. The predicted molar refractivity (Wildman–Crippen MR) is 76.5 cm³/mol. The van der Waals surface area contributed by atoms with Crippen LogP contribution in [0, 0.1) is 6.92 Å². The zero-order chi connectivity index (χ0) is 13.0. The number of hydrogen-bond acceptors (Lipinski definition) is 2. The van der Waals surface area contributed by atoms with Crippen LogP contribution < -0.4 is 0 Å². The first-order valence-electron chi connectivity index (χ1n) is 5.97. The van der Waals surface area contributed by atoms with Gasteiger partial charge in [-0.2, -0.15) is 0 Å². The lowest BCUT2D eigenvalue weighted by Gasteiger charge is -2.10. The van der Waals surface area contributed by atoms with E-state index in [0.717, 1.165) is 15.7 Å². The summed E-state index contributed by atoms with van der Waals surface area (Å²) in [7, 11) is 0. The first-order chi connectivity index (χ1) is 8.63. The molecule has 0 amide bonds. The number of hydrogen-bond donors (Lipinski definition) is 1. The molecule has 0 aliphatic heterocycles. The van der Waals surface area contributed by atoms with Crippen LogP contribution in [0.4, 0.5) is 0 Å². The van der Waals surface area contributed by atoms with E-state index >= 15 is 0 Å². The van der Waals surface area contributed by atoms with Crippen molar-refractivity contribution in [1.29, 1.82) is 0 Å². The Kier molecular flexibility index (Phi) is 4.50. The fraction of sp³-hybridized carbons (Fsp3) is 0.267. The van der Waals surface area contributed by atoms with E-state index in [0.29, 0.717) is 12.8 Å². The standard InChI is InChI=1S/C15H16BrNO/c1-11-2-4-12(5-3-11)8-15(18)9-14-7-6-13(16)10-17-14/h2-7,10,15,18H,8-9H2,1H3. The summed E-state index contributed by atoms with van der Waals surface area (Å²) in [6.07, 6.45) is 2.62. The van der Waals surface area contributed by atoms with E-state index < -0.39 is 0 Å². The number of aromatic nitrogens is 1. The Balaban J connectivity index is 1.94. The second-order valence-corrected chi connectivity index (χ2v) is 5.43. The van der Waals surface area contributed by atoms with Crippen LogP contribution in [0.3, 0.4) is 0 Å². The van der Waals surface area contributed by atoms with Gasteiger partial charge in [0.05, 0.1) is 6.10 Å². The summed E-state index contributed by atoms with van der Waals surface area (Å²) in [6.45, 7) is 2.06. The summed E-state index contributed by atoms with van der Waals surface area (Å²) in [5.74, 6) is 0. The van der Waals surface area contributed by atoms with E-state index in [4.69, 9.17) is 0 Å². The Bertz CT molecular complexity index is 445. The third kappa shape index (κ3) is 3.93. The Morgan fingerprint density at radius 1 is 1.11 bits per heavy atom. The average Bonchev–Trinajstić information content (AvgIpc) is 2.35. The van der Waals surface area contributed by atoms with Crippen LogP contribution in [0.15, 0.2) is 47.1 Å². The molecular formula is C15H16BrNO. The summed E-state index contributed by atoms with van der Waals surface area (Å²) < 4.78 is 0.958. The van der Waals surface area contributed by atoms with Gasteiger partial charge in [0.25, 0.3) is 0 Å². The summed E-state index contributed by atoms with van der Waals surface area (Å²) in [5, 5.41) is 10.0. The van der Waals surface area contributed by atoms with Gasteiger partial charge in [-0.1, -0.05) is 29.8 Å². The van der Waals surface area contributed by atoms with Crippen molar-refractivity contribution >= 4 is 15.9 Å². The molecule has 0 saturated heterocycles. The average molecular weight is 306 g/mol. The van der Waals surface area contributed by atoms with Crippen molar-refractivity contribution in [2.24, 2.45) is 0 Å². The van der Waals surface area contributed by atoms with Crippen molar-refractivity contribution in [3.05, 3.63) is 63.9 Å². The van der Waals surface area contributed by atoms with Gasteiger partial charge in [-0.05, 0) is 47.0 Å². The highest BCUT2D eigenvalue weighted by Crippen LogP contribution is 2.11. The van der Waals surface area contributed by atoms with Crippen molar-refractivity contribution in [1.82, 2.24) is 4.98 Å². The molecule has 18 heavy (non-hydrogen) atoms. The third-order valence-corrected chi connectivity index (χ3v) is 3.29. The molecule has 2 rings (SSSR count). The van der Waals surface area contributed by atoms with Crippen LogP contribution >= 0.6 is 15.9 Å². The molecule has 1 heterocycles. The second-order valence-electron chi connectivity index (χ2n) is 4.52. The highest BCUT2D eigenvalue weighted by Gasteiger charge is 2.07. The summed E-state index contributed by atoms with van der Waals surface area (Å²) in [5.41, 5.74) is 3.31. The molecule has 1 N–H and O–H groups in total. The minimum Gasteiger partial charge on any atom is -0.392 e. The first-order valence-corrected chi connectivity index (χ1v) is 6.77. The zero-order valence-electron chi connectivity index (χ0n) is 10.3. The largest absolute Gasteiger partial charge is 0.392 e. The molecule has 0 saturated carbocycles. The smallest absolute Gasteiger partial charge is 0.0635 e. The van der Waals surface area contributed by atoms with Crippen molar-refractivity contribution < 1.29 is 5.11 Å². The Hall–Kier alpha value is -1.19. The van der Waals surface area contributed by atoms with Crippen LogP contribution in [0.25, 0.3) is 0 Å². The number of nitrogens with zero attached hydrogens (tertiary/aromatic N) is 1. The van der Waals surface area contributed by atoms with Gasteiger partial charge >= 0.3 is 0 Å². The minimum atomic E-state index is -0.388. The topological polar surface area (TPSA) is 33.1 Å². The molecule has 1 atom stereocenters. The maximum atomic E-state index is 10.0. The highest BCUT2D eigenvalue weighted by atomic mass is 79.9. The highest BCUT2D eigenvalue weighted by molar-refractivity contribution is 9.10. The Morgan fingerprint density at radius 3 is 2.44 bits per heavy atom. The van der Waals surface area contributed by atoms with Crippen molar-refractivity contribution in [2.45, 2.75) is 25.9 Å². The van der Waals surface area contributed by atoms with Gasteiger partial charge in [0.1, 0.15) is 0 Å². The van der Waals surface area contributed by atoms with Gasteiger partial charge in [-0.25, -0.2) is 0 Å². The number of halogens is 1. The summed E-state index contributed by atoms with van der Waals surface area (Å²) >= 11 is 3.35. The predicted octanol–water partition coefficient (Wildman–Crippen LogP) is 3.30. The molecule has 1 aromatic heterocycles. The van der Waals surface area contributed by atoms with Crippen LogP contribution in [-0.4, -0.2) is 16.2 Å². The van der Waals surface area contributed by atoms with Gasteiger partial charge in [-0.3, -0.25) is 4.98 Å². The maximum absolute atomic E-state index is 10.0. The molecule has 2 nitrogen and oxygen atoms in total. The van der Waals surface area contributed by atoms with Gasteiger partial charge in [0, 0.05) is 22.8 Å². The van der Waals surface area contributed by atoms with E-state index in [2.05, 4.69) is 52.1 Å². The molecule has 0 spiro atoms. The van der Waals surface area contributed by atoms with E-state index in [1.807, 2.05) is 12.1 Å². The van der Waals surface area contributed by atoms with E-state index in [-0.39, 0.29) is 6.10 Å². The Morgan fingerprint density at radius 2 is 1.83 bits per heavy atom. The fourth-order valence-corrected chi connectivity index (χ4v) is 2.07. The number of rotatable bonds is 4. The Labute approximate surface area is 116 Å². The number of aliphatic hydroxyl groups is 1. The zero-order valence-corrected chi connectivity index (χ0v) is 11.9. The van der Waals surface area contributed by atoms with Crippen LogP contribution in [0.2, 0.25) is 0 Å². The number of aliphatic hydroxyl groups excluding tert-OH is 1. The van der Waals surface area contributed by atoms with Crippen LogP contribution in [-0.2, 0) is 12.8 Å². The number of aryl methyl sites for hydroxylation is 1. The van der Waals surface area contributed by atoms with E-state index in [1.165, 1.54) is 5.56 Å². The van der Waals surface area contributed by atoms with E-state index in [1.54, 1.807) is 6.20 Å². The lowest BCUT2D eigenvalue weighted by atomic mass is 10.0. The molecule has 0 bridgehead atoms. The molecule has 1 aromatic carbocycles. The van der Waals surface area contributed by atoms with E-state index in [9.17, 15) is 5.11 Å². The first kappa shape index (κ1) is 13.2. The molecule has 3 heteroatoms. The minimum absolute atomic E-state index is 0.388. The molecule has 0 aliphatic rings. The van der Waals surface area contributed by atoms with Crippen LogP contribution in [0.1, 0.15) is 16.8 Å². The van der Waals surface area contributed by atoms with Gasteiger partial charge in [0.15, 0.2) is 0 Å². The molecule has 2 aromatic rings. The van der Waals surface area contributed by atoms with Crippen LogP contribution in [0.5, 0.6) is 0 Å². The lowest BCUT2D eigenvalue weighted by molar-refractivity contribution is 0.174. The van der Waals surface area contributed by atoms with Gasteiger partial charge in [0.2, 0.25) is 0 Å². The fourth-order valence-electron chi connectivity index (χ4n) is 1.84. The van der Waals surface area contributed by atoms with Gasteiger partial charge < -0.3 is 5.11 Å². The molecule has 0 aliphatic carbocycles. The molecular weight excluding hydrogens is 290 g/mol. The number of benzene rings is 1. The SMILES string of the molecule is Cc1ccc(CC(O)Cc2ccc(Br)cn2)cc1. The molecule has 0 radical (unpaired) electrons. The third-order valence-electron chi connectivity index (χ3n) is 2.83. The van der Waals surface area contributed by atoms with Crippen molar-refractivity contribution in [3.8, 4) is 0 Å². The molecule has 94 valence electrons. The normalized spacial score (nSPS) is 12.4. The maximum Gasteiger partial charge on any atom is 0.0635 e. The second kappa shape index (κ2) is 6.12. The summed E-state index contributed by atoms with van der Waals surface area (Å²) in [6, 6.07) is 12.1. The van der Waals surface area contributed by atoms with Gasteiger partial charge in [-0.15, -0.1) is 0 Å².